The van der Waals surface area contributed by atoms with Gasteiger partial charge in [0.25, 0.3) is 0 Å². The molecule has 8 heteroatoms. The normalized spacial score (nSPS) is 12.1. The number of thiazole rings is 1. The van der Waals surface area contributed by atoms with Crippen molar-refractivity contribution < 1.29 is 14.7 Å². The van der Waals surface area contributed by atoms with E-state index in [1.165, 1.54) is 11.3 Å². The number of hydrogen-bond donors (Lipinski definition) is 3. The standard InChI is InChI=1S/C13H16N4O3S/c1-6-11(7(2)17-16-6)12(13(19)20)15-10(18)4-9-5-21-8(3)14-9/h5,12H,4H2,1-3H3,(H,15,18)(H,16,17)(H,19,20)/t12-/m0/s1. The second-order valence-corrected chi connectivity index (χ2v) is 5.78. The van der Waals surface area contributed by atoms with Gasteiger partial charge in [0.15, 0.2) is 6.04 Å². The zero-order valence-electron chi connectivity index (χ0n) is 11.9. The van der Waals surface area contributed by atoms with Gasteiger partial charge in [0, 0.05) is 16.6 Å². The van der Waals surface area contributed by atoms with Gasteiger partial charge in [-0.3, -0.25) is 9.89 Å². The Bertz CT molecular complexity index is 657. The number of nitrogens with one attached hydrogen (secondary N) is 2. The highest BCUT2D eigenvalue weighted by Gasteiger charge is 2.27. The lowest BCUT2D eigenvalue weighted by Gasteiger charge is -2.14. The van der Waals surface area contributed by atoms with Crippen LogP contribution in [-0.4, -0.2) is 32.2 Å². The smallest absolute Gasteiger partial charge is 0.331 e. The van der Waals surface area contributed by atoms with Crippen LogP contribution in [0, 0.1) is 20.8 Å². The number of aryl methyl sites for hydroxylation is 3. The van der Waals surface area contributed by atoms with Crippen LogP contribution in [-0.2, 0) is 16.0 Å². The Morgan fingerprint density at radius 2 is 2.14 bits per heavy atom. The van der Waals surface area contributed by atoms with E-state index in [4.69, 9.17) is 0 Å². The monoisotopic (exact) mass is 308 g/mol. The number of amides is 1. The number of carboxylic acids is 1. The summed E-state index contributed by atoms with van der Waals surface area (Å²) in [7, 11) is 0. The summed E-state index contributed by atoms with van der Waals surface area (Å²) in [5, 5.41) is 21.2. The van der Waals surface area contributed by atoms with Crippen LogP contribution in [0.2, 0.25) is 0 Å². The second-order valence-electron chi connectivity index (χ2n) is 4.72. The van der Waals surface area contributed by atoms with Crippen LogP contribution in [0.25, 0.3) is 0 Å². The summed E-state index contributed by atoms with van der Waals surface area (Å²) in [5.74, 6) is -1.50. The van der Waals surface area contributed by atoms with E-state index in [0.29, 0.717) is 22.6 Å². The summed E-state index contributed by atoms with van der Waals surface area (Å²) in [5.41, 5.74) is 2.32. The van der Waals surface area contributed by atoms with E-state index in [0.717, 1.165) is 5.01 Å². The van der Waals surface area contributed by atoms with Crippen LogP contribution in [0.15, 0.2) is 5.38 Å². The van der Waals surface area contributed by atoms with Gasteiger partial charge in [-0.1, -0.05) is 0 Å². The van der Waals surface area contributed by atoms with Gasteiger partial charge in [0.05, 0.1) is 22.8 Å². The maximum atomic E-state index is 12.0. The molecule has 3 N–H and O–H groups in total. The van der Waals surface area contributed by atoms with Gasteiger partial charge in [-0.25, -0.2) is 9.78 Å². The zero-order chi connectivity index (χ0) is 15.6. The van der Waals surface area contributed by atoms with Crippen LogP contribution in [0.3, 0.4) is 0 Å². The molecule has 21 heavy (non-hydrogen) atoms. The molecule has 0 fully saturated rings. The maximum Gasteiger partial charge on any atom is 0.331 e. The molecular formula is C13H16N4O3S. The number of aliphatic carboxylic acids is 1. The zero-order valence-corrected chi connectivity index (χ0v) is 12.7. The van der Waals surface area contributed by atoms with Gasteiger partial charge in [-0.05, 0) is 20.8 Å². The van der Waals surface area contributed by atoms with Gasteiger partial charge < -0.3 is 10.4 Å². The van der Waals surface area contributed by atoms with Crippen molar-refractivity contribution in [3.63, 3.8) is 0 Å². The Morgan fingerprint density at radius 1 is 1.43 bits per heavy atom. The van der Waals surface area contributed by atoms with Crippen molar-refractivity contribution in [3.05, 3.63) is 33.0 Å². The second kappa shape index (κ2) is 6.04. The number of carbonyl (C=O) groups excluding carboxylic acids is 1. The summed E-state index contributed by atoms with van der Waals surface area (Å²) < 4.78 is 0. The highest BCUT2D eigenvalue weighted by molar-refractivity contribution is 7.09. The Hall–Kier alpha value is -2.22. The van der Waals surface area contributed by atoms with Crippen LogP contribution >= 0.6 is 11.3 Å². The average molecular weight is 308 g/mol. The quantitative estimate of drug-likeness (QED) is 0.771. The third-order valence-corrected chi connectivity index (χ3v) is 3.86. The lowest BCUT2D eigenvalue weighted by molar-refractivity contribution is -0.142. The maximum absolute atomic E-state index is 12.0. The molecule has 0 radical (unpaired) electrons. The third-order valence-electron chi connectivity index (χ3n) is 3.03. The molecule has 0 saturated heterocycles. The number of carbonyl (C=O) groups is 2. The number of rotatable bonds is 5. The van der Waals surface area contributed by atoms with E-state index in [1.807, 2.05) is 6.92 Å². The highest BCUT2D eigenvalue weighted by Crippen LogP contribution is 2.20. The summed E-state index contributed by atoms with van der Waals surface area (Å²) in [6, 6.07) is -1.11. The Morgan fingerprint density at radius 3 is 2.62 bits per heavy atom. The minimum Gasteiger partial charge on any atom is -0.479 e. The van der Waals surface area contributed by atoms with E-state index in [1.54, 1.807) is 19.2 Å². The Labute approximate surface area is 125 Å². The first-order valence-electron chi connectivity index (χ1n) is 6.33. The average Bonchev–Trinajstić information content (AvgIpc) is 2.94. The lowest BCUT2D eigenvalue weighted by atomic mass is 10.0. The minimum atomic E-state index is -1.12. The number of hydrogen-bond acceptors (Lipinski definition) is 5. The van der Waals surface area contributed by atoms with Crippen LogP contribution < -0.4 is 5.32 Å². The Balaban J connectivity index is 2.14. The molecule has 0 unspecified atom stereocenters. The van der Waals surface area contributed by atoms with E-state index in [9.17, 15) is 14.7 Å². The predicted octanol–water partition coefficient (Wildman–Crippen LogP) is 1.28. The summed E-state index contributed by atoms with van der Waals surface area (Å²) in [6.07, 6.45) is 0.0596. The van der Waals surface area contributed by atoms with Gasteiger partial charge in [0.1, 0.15) is 0 Å². The van der Waals surface area contributed by atoms with E-state index < -0.39 is 12.0 Å². The molecule has 0 aliphatic carbocycles. The molecule has 2 aromatic heterocycles. The van der Waals surface area contributed by atoms with Crippen molar-refractivity contribution in [1.29, 1.82) is 0 Å². The summed E-state index contributed by atoms with van der Waals surface area (Å²) in [6.45, 7) is 5.27. The molecule has 112 valence electrons. The van der Waals surface area contributed by atoms with Crippen LogP contribution in [0.5, 0.6) is 0 Å². The molecule has 0 aliphatic heterocycles. The fraction of sp³-hybridized carbons (Fsp3) is 0.385. The molecule has 2 heterocycles. The molecule has 0 saturated carbocycles. The Kier molecular flexibility index (Phi) is 4.37. The van der Waals surface area contributed by atoms with Gasteiger partial charge >= 0.3 is 5.97 Å². The minimum absolute atomic E-state index is 0.0596. The summed E-state index contributed by atoms with van der Waals surface area (Å²) >= 11 is 1.45. The van der Waals surface area contributed by atoms with E-state index in [2.05, 4.69) is 20.5 Å². The fourth-order valence-electron chi connectivity index (χ4n) is 2.11. The van der Waals surface area contributed by atoms with Crippen molar-refractivity contribution in [2.75, 3.05) is 0 Å². The topological polar surface area (TPSA) is 108 Å². The fourth-order valence-corrected chi connectivity index (χ4v) is 2.72. The molecule has 1 amide bonds. The number of nitrogens with zero attached hydrogens (tertiary/aromatic N) is 2. The van der Waals surface area contributed by atoms with E-state index in [-0.39, 0.29) is 12.3 Å². The van der Waals surface area contributed by atoms with Gasteiger partial charge in [-0.2, -0.15) is 5.10 Å². The number of aromatic nitrogens is 3. The molecule has 2 rings (SSSR count). The first-order chi connectivity index (χ1) is 9.88. The summed E-state index contributed by atoms with van der Waals surface area (Å²) in [4.78, 5) is 27.6. The molecule has 0 aromatic carbocycles. The van der Waals surface area contributed by atoms with Gasteiger partial charge in [0.2, 0.25) is 5.91 Å². The predicted molar refractivity (Wildman–Crippen MR) is 77.1 cm³/mol. The highest BCUT2D eigenvalue weighted by atomic mass is 32.1. The molecule has 0 bridgehead atoms. The molecule has 0 aliphatic rings. The number of carboxylic acid groups (broad SMARTS) is 1. The van der Waals surface area contributed by atoms with E-state index >= 15 is 0 Å². The first kappa shape index (κ1) is 15.2. The third kappa shape index (κ3) is 3.46. The molecule has 0 spiro atoms. The molecule has 1 atom stereocenters. The largest absolute Gasteiger partial charge is 0.479 e. The van der Waals surface area contributed by atoms with Crippen LogP contribution in [0.1, 0.15) is 33.7 Å². The van der Waals surface area contributed by atoms with Crippen molar-refractivity contribution in [2.45, 2.75) is 33.2 Å². The van der Waals surface area contributed by atoms with Crippen molar-refractivity contribution in [3.8, 4) is 0 Å². The lowest BCUT2D eigenvalue weighted by Crippen LogP contribution is -2.35. The molecular weight excluding hydrogens is 292 g/mol. The van der Waals surface area contributed by atoms with Crippen molar-refractivity contribution >= 4 is 23.2 Å². The van der Waals surface area contributed by atoms with Crippen LogP contribution in [0.4, 0.5) is 0 Å². The number of H-pyrrole nitrogens is 1. The SMILES string of the molecule is Cc1nc(CC(=O)N[C@H](C(=O)O)c2c(C)n[nH]c2C)cs1. The van der Waals surface area contributed by atoms with Crippen molar-refractivity contribution in [2.24, 2.45) is 0 Å². The van der Waals surface area contributed by atoms with Gasteiger partial charge in [-0.15, -0.1) is 11.3 Å². The molecule has 7 nitrogen and oxygen atoms in total. The number of aromatic amines is 1. The molecule has 2 aromatic rings. The van der Waals surface area contributed by atoms with Crippen molar-refractivity contribution in [1.82, 2.24) is 20.5 Å². The first-order valence-corrected chi connectivity index (χ1v) is 7.21.